The Balaban J connectivity index is 1.17. The van der Waals surface area contributed by atoms with Crippen molar-refractivity contribution in [3.63, 3.8) is 0 Å². The predicted molar refractivity (Wildman–Crippen MR) is 125 cm³/mol. The first-order valence-corrected chi connectivity index (χ1v) is 12.8. The summed E-state index contributed by atoms with van der Waals surface area (Å²) in [6, 6.07) is 0.300. The molecule has 4 rings (SSSR count). The number of carbonyl (C=O) groups excluding carboxylic acids is 4. The zero-order valence-electron chi connectivity index (χ0n) is 19.6. The molecule has 2 atom stereocenters. The van der Waals surface area contributed by atoms with E-state index in [9.17, 15) is 19.2 Å². The Morgan fingerprint density at radius 2 is 1.89 bits per heavy atom. The summed E-state index contributed by atoms with van der Waals surface area (Å²) in [5.74, 6) is -1.82. The SMILES string of the molecule is C=C1C=CC(=O)N1CCNC(=O)CON=C1CC2(C1)C(=O)OP(N[C@@H]1CCCC[C@H]1NC)OC2=O. The van der Waals surface area contributed by atoms with Gasteiger partial charge in [0, 0.05) is 49.8 Å². The minimum absolute atomic E-state index is 0.0320. The summed E-state index contributed by atoms with van der Waals surface area (Å²) in [5, 5.41) is 12.9. The maximum Gasteiger partial charge on any atom is 0.386 e. The normalized spacial score (nSPS) is 30.1. The molecule has 13 heteroatoms. The Hall–Kier alpha value is -2.82. The highest BCUT2D eigenvalue weighted by Crippen LogP contribution is 2.52. The molecule has 4 aliphatic rings. The second kappa shape index (κ2) is 10.8. The quantitative estimate of drug-likeness (QED) is 0.232. The van der Waals surface area contributed by atoms with Crippen LogP contribution < -0.4 is 15.7 Å². The van der Waals surface area contributed by atoms with Gasteiger partial charge < -0.3 is 29.4 Å². The number of hydrogen-bond acceptors (Lipinski definition) is 10. The van der Waals surface area contributed by atoms with Gasteiger partial charge in [0.1, 0.15) is 0 Å². The lowest BCUT2D eigenvalue weighted by atomic mass is 9.67. The highest BCUT2D eigenvalue weighted by Gasteiger charge is 2.62. The van der Waals surface area contributed by atoms with E-state index < -0.39 is 31.8 Å². The van der Waals surface area contributed by atoms with E-state index in [2.05, 4.69) is 27.5 Å². The molecular weight excluding hydrogens is 477 g/mol. The molecule has 190 valence electrons. The monoisotopic (exact) mass is 507 g/mol. The van der Waals surface area contributed by atoms with Crippen molar-refractivity contribution in [1.82, 2.24) is 20.6 Å². The minimum atomic E-state index is -1.83. The molecule has 0 aromatic carbocycles. The smallest absolute Gasteiger partial charge is 0.386 e. The first-order chi connectivity index (χ1) is 16.8. The summed E-state index contributed by atoms with van der Waals surface area (Å²) in [4.78, 5) is 55.3. The molecule has 2 aliphatic heterocycles. The summed E-state index contributed by atoms with van der Waals surface area (Å²) >= 11 is 0. The Labute approximate surface area is 204 Å². The highest BCUT2D eigenvalue weighted by atomic mass is 31.2. The first kappa shape index (κ1) is 25.3. The van der Waals surface area contributed by atoms with Crippen LogP contribution in [0.2, 0.25) is 0 Å². The molecule has 0 radical (unpaired) electrons. The molecule has 3 N–H and O–H groups in total. The molecule has 2 amide bonds. The van der Waals surface area contributed by atoms with Crippen molar-refractivity contribution in [2.24, 2.45) is 10.6 Å². The second-order valence-corrected chi connectivity index (χ2v) is 10.1. The second-order valence-electron chi connectivity index (χ2n) is 8.96. The molecule has 0 aromatic heterocycles. The van der Waals surface area contributed by atoms with Crippen molar-refractivity contribution in [3.8, 4) is 0 Å². The summed E-state index contributed by atoms with van der Waals surface area (Å²) in [6.07, 6.45) is 7.20. The van der Waals surface area contributed by atoms with Gasteiger partial charge in [-0.2, -0.15) is 0 Å². The van der Waals surface area contributed by atoms with E-state index in [4.69, 9.17) is 13.9 Å². The third kappa shape index (κ3) is 5.55. The average Bonchev–Trinajstić information content (AvgIpc) is 3.12. The number of allylic oxidation sites excluding steroid dienone is 1. The average molecular weight is 507 g/mol. The molecule has 2 aliphatic carbocycles. The third-order valence-corrected chi connectivity index (χ3v) is 7.82. The van der Waals surface area contributed by atoms with Gasteiger partial charge in [-0.05, 0) is 26.0 Å². The fraction of sp³-hybridized carbons (Fsp3) is 0.591. The van der Waals surface area contributed by atoms with Gasteiger partial charge in [-0.1, -0.05) is 24.6 Å². The van der Waals surface area contributed by atoms with Crippen LogP contribution in [0.3, 0.4) is 0 Å². The van der Waals surface area contributed by atoms with E-state index in [1.807, 2.05) is 7.05 Å². The van der Waals surface area contributed by atoms with Gasteiger partial charge in [-0.15, -0.1) is 0 Å². The largest absolute Gasteiger partial charge is 0.394 e. The van der Waals surface area contributed by atoms with Gasteiger partial charge in [0.25, 0.3) is 11.8 Å². The topological polar surface area (TPSA) is 148 Å². The number of likely N-dealkylation sites (N-methyl/N-ethyl adjacent to an activating group) is 1. The molecular formula is C22H30N5O7P. The lowest BCUT2D eigenvalue weighted by Crippen LogP contribution is -2.55. The van der Waals surface area contributed by atoms with E-state index in [1.54, 1.807) is 6.08 Å². The molecule has 1 saturated heterocycles. The number of amides is 2. The lowest BCUT2D eigenvalue weighted by Gasteiger charge is -2.42. The van der Waals surface area contributed by atoms with Crippen LogP contribution in [0.25, 0.3) is 0 Å². The Kier molecular flexibility index (Phi) is 7.83. The van der Waals surface area contributed by atoms with Crippen LogP contribution in [0.5, 0.6) is 0 Å². The predicted octanol–water partition coefficient (Wildman–Crippen LogP) is 0.615. The third-order valence-electron chi connectivity index (χ3n) is 6.61. The standard InChI is InChI=1S/C22H30N5O7P/c1-14-7-8-19(29)27(14)10-9-24-18(28)13-32-25-15-11-22(12-15)20(30)33-35(34-21(22)31)26-17-6-4-3-5-16(17)23-2/h7-8,16-17,23,26H,1,3-6,9-13H2,2H3,(H,24,28)/t16-,17-,22?,35?/m1/s1. The van der Waals surface area contributed by atoms with Crippen LogP contribution in [-0.4, -0.2) is 73.2 Å². The van der Waals surface area contributed by atoms with Crippen molar-refractivity contribution in [3.05, 3.63) is 24.4 Å². The fourth-order valence-electron chi connectivity index (χ4n) is 4.53. The van der Waals surface area contributed by atoms with Crippen LogP contribution in [0.15, 0.2) is 29.6 Å². The van der Waals surface area contributed by atoms with Crippen LogP contribution in [0.4, 0.5) is 0 Å². The number of hydrogen-bond donors (Lipinski definition) is 3. The van der Waals surface area contributed by atoms with Crippen molar-refractivity contribution < 1.29 is 33.1 Å². The lowest BCUT2D eigenvalue weighted by molar-refractivity contribution is -0.168. The number of rotatable bonds is 9. The molecule has 0 unspecified atom stereocenters. The van der Waals surface area contributed by atoms with Crippen molar-refractivity contribution in [2.45, 2.75) is 50.6 Å². The van der Waals surface area contributed by atoms with Gasteiger partial charge in [-0.25, -0.2) is 5.09 Å². The maximum atomic E-state index is 12.7. The Bertz CT molecular complexity index is 922. The zero-order valence-corrected chi connectivity index (χ0v) is 20.5. The summed E-state index contributed by atoms with van der Waals surface area (Å²) in [5.41, 5.74) is -0.345. The number of nitrogens with zero attached hydrogens (tertiary/aromatic N) is 2. The van der Waals surface area contributed by atoms with Gasteiger partial charge in [-0.3, -0.25) is 19.2 Å². The molecule has 2 heterocycles. The van der Waals surface area contributed by atoms with Crippen LogP contribution in [0.1, 0.15) is 38.5 Å². The molecule has 3 fully saturated rings. The molecule has 35 heavy (non-hydrogen) atoms. The number of carbonyl (C=O) groups is 4. The van der Waals surface area contributed by atoms with Gasteiger partial charge in [0.2, 0.25) is 0 Å². The van der Waals surface area contributed by atoms with Crippen LogP contribution in [0, 0.1) is 5.41 Å². The highest BCUT2D eigenvalue weighted by molar-refractivity contribution is 7.46. The maximum absolute atomic E-state index is 12.7. The number of oxime groups is 1. The van der Waals surface area contributed by atoms with Crippen molar-refractivity contribution >= 4 is 38.0 Å². The Morgan fingerprint density at radius 3 is 2.51 bits per heavy atom. The van der Waals surface area contributed by atoms with Crippen molar-refractivity contribution in [1.29, 1.82) is 0 Å². The molecule has 0 aromatic rings. The van der Waals surface area contributed by atoms with E-state index in [-0.39, 0.29) is 44.0 Å². The molecule has 12 nitrogen and oxygen atoms in total. The minimum Gasteiger partial charge on any atom is -0.394 e. The van der Waals surface area contributed by atoms with Gasteiger partial charge in [0.15, 0.2) is 12.0 Å². The Morgan fingerprint density at radius 1 is 1.20 bits per heavy atom. The zero-order chi connectivity index (χ0) is 25.0. The van der Waals surface area contributed by atoms with E-state index in [0.717, 1.165) is 25.7 Å². The molecule has 1 spiro atoms. The van der Waals surface area contributed by atoms with E-state index in [1.165, 1.54) is 11.0 Å². The summed E-state index contributed by atoms with van der Waals surface area (Å²) in [7, 11) is 0.0553. The van der Waals surface area contributed by atoms with E-state index >= 15 is 0 Å². The summed E-state index contributed by atoms with van der Waals surface area (Å²) in [6.45, 7) is 3.94. The summed E-state index contributed by atoms with van der Waals surface area (Å²) < 4.78 is 10.9. The van der Waals surface area contributed by atoms with Gasteiger partial charge in [0.05, 0.1) is 5.71 Å². The van der Waals surface area contributed by atoms with E-state index in [0.29, 0.717) is 18.0 Å². The number of nitrogens with one attached hydrogen (secondary N) is 3. The molecule has 0 bridgehead atoms. The first-order valence-electron chi connectivity index (χ1n) is 11.6. The fourth-order valence-corrected chi connectivity index (χ4v) is 5.90. The van der Waals surface area contributed by atoms with Gasteiger partial charge >= 0.3 is 20.5 Å². The van der Waals surface area contributed by atoms with Crippen LogP contribution in [-0.2, 0) is 33.1 Å². The molecule has 2 saturated carbocycles. The van der Waals surface area contributed by atoms with Crippen LogP contribution >= 0.6 is 8.53 Å². The van der Waals surface area contributed by atoms with Crippen molar-refractivity contribution in [2.75, 3.05) is 26.7 Å².